The van der Waals surface area contributed by atoms with Crippen molar-refractivity contribution in [1.29, 1.82) is 0 Å². The molecule has 0 saturated heterocycles. The summed E-state index contributed by atoms with van der Waals surface area (Å²) >= 11 is 0. The van der Waals surface area contributed by atoms with Crippen molar-refractivity contribution in [3.05, 3.63) is 229 Å². The van der Waals surface area contributed by atoms with Crippen molar-refractivity contribution in [3.63, 3.8) is 0 Å². The fraction of sp³-hybridized carbons (Fsp3) is 0.0377. The van der Waals surface area contributed by atoms with Crippen LogP contribution >= 0.6 is 7.14 Å². The van der Waals surface area contributed by atoms with E-state index >= 15 is 4.57 Å². The Bertz CT molecular complexity index is 2960. The standard InChI is InChI=1S/C53H37N2OP/c56-57(43-32-29-37-17-7-8-20-40(37)33-43)51-26-14-11-23-46(51)52-44-21-9-12-24-49(44)55(50-25-13-10-22-45(50)53(52)57)42-30-27-39(28-31-42)48-35-41(36-15-3-1-4-16-36)34-47(54-48)38-18-5-2-6-19-38/h1-35,52-53H. The number of nitrogens with zero attached hydrogens (tertiary/aromatic N) is 2. The number of benzene rings is 8. The molecular formula is C53H37N2OP. The van der Waals surface area contributed by atoms with Crippen LogP contribution in [0.2, 0.25) is 0 Å². The Labute approximate surface area is 333 Å². The Kier molecular flexibility index (Phi) is 7.91. The highest BCUT2D eigenvalue weighted by Crippen LogP contribution is 2.72. The molecule has 11 rings (SSSR count). The zero-order valence-electron chi connectivity index (χ0n) is 31.1. The minimum absolute atomic E-state index is 0.0959. The lowest BCUT2D eigenvalue weighted by molar-refractivity contribution is 0.577. The van der Waals surface area contributed by atoms with Gasteiger partial charge in [0.15, 0.2) is 7.14 Å². The lowest BCUT2D eigenvalue weighted by atomic mass is 9.86. The maximum atomic E-state index is 16.5. The zero-order valence-corrected chi connectivity index (χ0v) is 32.0. The SMILES string of the molecule is O=P1(c2ccc3ccccc3c2)c2ccccc2C2c3ccccc3N(c3ccc(-c4cc(-c5ccccc5)cc(-c5ccccc5)n4)cc3)c3ccccc3C21. The third-order valence-electron chi connectivity index (χ3n) is 11.9. The molecule has 0 fully saturated rings. The number of pyridine rings is 1. The van der Waals surface area contributed by atoms with Crippen molar-refractivity contribution >= 4 is 45.6 Å². The molecule has 0 saturated carbocycles. The van der Waals surface area contributed by atoms with Gasteiger partial charge in [-0.15, -0.1) is 0 Å². The minimum Gasteiger partial charge on any atom is -0.313 e. The van der Waals surface area contributed by atoms with Crippen LogP contribution in [-0.2, 0) is 4.57 Å². The van der Waals surface area contributed by atoms with Gasteiger partial charge in [0.25, 0.3) is 0 Å². The number of anilines is 3. The highest BCUT2D eigenvalue weighted by atomic mass is 31.2. The van der Waals surface area contributed by atoms with Gasteiger partial charge in [-0.05, 0) is 81.1 Å². The van der Waals surface area contributed by atoms with Gasteiger partial charge in [0.2, 0.25) is 0 Å². The third-order valence-corrected chi connectivity index (χ3v) is 15.4. The molecule has 1 aromatic heterocycles. The third kappa shape index (κ3) is 5.42. The first kappa shape index (κ1) is 33.5. The second-order valence-electron chi connectivity index (χ2n) is 15.0. The van der Waals surface area contributed by atoms with Gasteiger partial charge in [-0.3, -0.25) is 0 Å². The first-order valence-corrected chi connectivity index (χ1v) is 21.3. The molecule has 8 aromatic carbocycles. The highest BCUT2D eigenvalue weighted by Gasteiger charge is 2.54. The van der Waals surface area contributed by atoms with Crippen molar-refractivity contribution < 1.29 is 4.57 Å². The van der Waals surface area contributed by atoms with Gasteiger partial charge in [0.05, 0.1) is 22.7 Å². The number of hydrogen-bond donors (Lipinski definition) is 0. The molecule has 3 unspecified atom stereocenters. The molecule has 0 N–H and O–H groups in total. The summed E-state index contributed by atoms with van der Waals surface area (Å²) in [6.45, 7) is 0. The molecule has 2 aliphatic rings. The van der Waals surface area contributed by atoms with E-state index in [-0.39, 0.29) is 11.6 Å². The van der Waals surface area contributed by atoms with Crippen molar-refractivity contribution in [1.82, 2.24) is 4.98 Å². The van der Waals surface area contributed by atoms with Crippen LogP contribution in [0.3, 0.4) is 0 Å². The number of para-hydroxylation sites is 2. The van der Waals surface area contributed by atoms with Gasteiger partial charge in [-0.1, -0.05) is 170 Å². The smallest absolute Gasteiger partial charge is 0.151 e. The van der Waals surface area contributed by atoms with E-state index < -0.39 is 7.14 Å². The molecule has 0 bridgehead atoms. The summed E-state index contributed by atoms with van der Waals surface area (Å²) in [7, 11) is -3.23. The molecule has 3 nitrogen and oxygen atoms in total. The van der Waals surface area contributed by atoms with Crippen LogP contribution in [0.15, 0.2) is 212 Å². The molecule has 0 radical (unpaired) electrons. The van der Waals surface area contributed by atoms with E-state index in [1.807, 2.05) is 6.07 Å². The Hall–Kier alpha value is -6.80. The number of aromatic nitrogens is 1. The molecule has 0 spiro atoms. The molecule has 57 heavy (non-hydrogen) atoms. The van der Waals surface area contributed by atoms with Crippen LogP contribution in [0.4, 0.5) is 17.1 Å². The molecule has 270 valence electrons. The normalized spacial score (nSPS) is 17.9. The number of hydrogen-bond acceptors (Lipinski definition) is 3. The van der Waals surface area contributed by atoms with Gasteiger partial charge in [0.1, 0.15) is 0 Å². The molecule has 9 aromatic rings. The van der Waals surface area contributed by atoms with Gasteiger partial charge >= 0.3 is 0 Å². The predicted octanol–water partition coefficient (Wildman–Crippen LogP) is 13.2. The molecule has 0 amide bonds. The van der Waals surface area contributed by atoms with Gasteiger partial charge in [0, 0.05) is 39.0 Å². The molecule has 4 heteroatoms. The Balaban J connectivity index is 1.08. The maximum absolute atomic E-state index is 16.5. The van der Waals surface area contributed by atoms with E-state index in [0.29, 0.717) is 0 Å². The first-order chi connectivity index (χ1) is 28.1. The van der Waals surface area contributed by atoms with E-state index in [0.717, 1.165) is 83.2 Å². The predicted molar refractivity (Wildman–Crippen MR) is 237 cm³/mol. The maximum Gasteiger partial charge on any atom is 0.151 e. The average molecular weight is 749 g/mol. The van der Waals surface area contributed by atoms with E-state index in [9.17, 15) is 0 Å². The van der Waals surface area contributed by atoms with Crippen LogP contribution in [-0.4, -0.2) is 4.98 Å². The Morgan fingerprint density at radius 1 is 0.421 bits per heavy atom. The Morgan fingerprint density at radius 2 is 0.965 bits per heavy atom. The van der Waals surface area contributed by atoms with Crippen LogP contribution in [0.25, 0.3) is 44.4 Å². The summed E-state index contributed by atoms with van der Waals surface area (Å²) < 4.78 is 16.5. The number of fused-ring (bicyclic) bond motifs is 8. The van der Waals surface area contributed by atoms with E-state index in [2.05, 4.69) is 211 Å². The van der Waals surface area contributed by atoms with Crippen LogP contribution in [0, 0.1) is 0 Å². The van der Waals surface area contributed by atoms with E-state index in [4.69, 9.17) is 4.98 Å². The minimum atomic E-state index is -3.23. The summed E-state index contributed by atoms with van der Waals surface area (Å²) in [6, 6.07) is 74.7. The largest absolute Gasteiger partial charge is 0.313 e. The van der Waals surface area contributed by atoms with Crippen molar-refractivity contribution in [2.45, 2.75) is 11.6 Å². The van der Waals surface area contributed by atoms with Crippen LogP contribution in [0.5, 0.6) is 0 Å². The molecule has 0 aliphatic carbocycles. The second-order valence-corrected chi connectivity index (χ2v) is 17.9. The fourth-order valence-electron chi connectivity index (χ4n) is 9.30. The van der Waals surface area contributed by atoms with Crippen LogP contribution in [0.1, 0.15) is 28.3 Å². The second kappa shape index (κ2) is 13.4. The van der Waals surface area contributed by atoms with Crippen molar-refractivity contribution in [2.24, 2.45) is 0 Å². The highest BCUT2D eigenvalue weighted by molar-refractivity contribution is 7.79. The van der Waals surface area contributed by atoms with Crippen molar-refractivity contribution in [2.75, 3.05) is 4.90 Å². The number of rotatable bonds is 5. The molecule has 3 heterocycles. The quantitative estimate of drug-likeness (QED) is 0.164. The zero-order chi connectivity index (χ0) is 37.9. The topological polar surface area (TPSA) is 33.2 Å². The molecule has 2 aliphatic heterocycles. The van der Waals surface area contributed by atoms with Crippen molar-refractivity contribution in [3.8, 4) is 33.6 Å². The van der Waals surface area contributed by atoms with Gasteiger partial charge in [-0.25, -0.2) is 4.98 Å². The lowest BCUT2D eigenvalue weighted by Gasteiger charge is -2.29. The monoisotopic (exact) mass is 748 g/mol. The average Bonchev–Trinajstić information content (AvgIpc) is 3.47. The molecule has 3 atom stereocenters. The summed E-state index contributed by atoms with van der Waals surface area (Å²) in [5.41, 5.74) is 12.6. The van der Waals surface area contributed by atoms with Crippen LogP contribution < -0.4 is 15.5 Å². The lowest BCUT2D eigenvalue weighted by Crippen LogP contribution is -2.18. The van der Waals surface area contributed by atoms with E-state index in [1.165, 1.54) is 5.56 Å². The van der Waals surface area contributed by atoms with E-state index in [1.54, 1.807) is 0 Å². The summed E-state index contributed by atoms with van der Waals surface area (Å²) in [5.74, 6) is -0.0959. The summed E-state index contributed by atoms with van der Waals surface area (Å²) in [5, 5.41) is 4.13. The fourth-order valence-corrected chi connectivity index (χ4v) is 13.1. The Morgan fingerprint density at radius 3 is 1.68 bits per heavy atom. The molecular weight excluding hydrogens is 712 g/mol. The van der Waals surface area contributed by atoms with Gasteiger partial charge < -0.3 is 9.46 Å². The summed E-state index contributed by atoms with van der Waals surface area (Å²) in [6.07, 6.45) is 0. The van der Waals surface area contributed by atoms with Gasteiger partial charge in [-0.2, -0.15) is 0 Å². The first-order valence-electron chi connectivity index (χ1n) is 19.6. The summed E-state index contributed by atoms with van der Waals surface area (Å²) in [4.78, 5) is 7.59.